The van der Waals surface area contributed by atoms with E-state index in [1.165, 1.54) is 32.6 Å². The van der Waals surface area contributed by atoms with Gasteiger partial charge in [0, 0.05) is 72.5 Å². The van der Waals surface area contributed by atoms with Gasteiger partial charge in [0.05, 0.1) is 14.2 Å². The number of nitrogens with zero attached hydrogens (tertiary/aromatic N) is 4. The summed E-state index contributed by atoms with van der Waals surface area (Å²) in [7, 11) is 2.88. The number of hydroxylamine groups is 1. The monoisotopic (exact) mass is 670 g/mol. The first-order chi connectivity index (χ1) is 23.8. The third-order valence-corrected chi connectivity index (χ3v) is 7.85. The zero-order chi connectivity index (χ0) is 35.3. The zero-order valence-corrected chi connectivity index (χ0v) is 26.8. The van der Waals surface area contributed by atoms with Gasteiger partial charge in [0.25, 0.3) is 12.4 Å². The lowest BCUT2D eigenvalue weighted by Gasteiger charge is -2.34. The Morgan fingerprint density at radius 2 is 1.80 bits per heavy atom. The van der Waals surface area contributed by atoms with E-state index in [2.05, 4.69) is 15.2 Å². The Morgan fingerprint density at radius 3 is 2.39 bits per heavy atom. The maximum atomic E-state index is 15.4. The van der Waals surface area contributed by atoms with Crippen molar-refractivity contribution in [3.05, 3.63) is 89.6 Å². The second kappa shape index (κ2) is 17.2. The van der Waals surface area contributed by atoms with Crippen LogP contribution in [-0.4, -0.2) is 71.1 Å². The molecule has 0 aliphatic carbocycles. The molecule has 0 radical (unpaired) electrons. The average molecular weight is 671 g/mol. The molecule has 0 bridgehead atoms. The lowest BCUT2D eigenvalue weighted by molar-refractivity contribution is -0.124. The predicted molar refractivity (Wildman–Crippen MR) is 179 cm³/mol. The molecule has 1 aliphatic rings. The highest BCUT2D eigenvalue weighted by atomic mass is 19.1. The maximum absolute atomic E-state index is 15.4. The third kappa shape index (κ3) is 8.86. The molecule has 5 rings (SSSR count). The number of amides is 1. The van der Waals surface area contributed by atoms with Crippen LogP contribution in [0.5, 0.6) is 17.2 Å². The van der Waals surface area contributed by atoms with Crippen molar-refractivity contribution in [2.45, 2.75) is 25.4 Å². The third-order valence-electron chi connectivity index (χ3n) is 7.85. The zero-order valence-electron chi connectivity index (χ0n) is 26.8. The summed E-state index contributed by atoms with van der Waals surface area (Å²) in [5, 5.41) is 38.9. The fourth-order valence-corrected chi connectivity index (χ4v) is 5.43. The van der Waals surface area contributed by atoms with Crippen LogP contribution in [0, 0.1) is 17.1 Å². The molecule has 1 saturated heterocycles. The summed E-state index contributed by atoms with van der Waals surface area (Å²) < 4.78 is 26.4. The molecule has 13 nitrogen and oxygen atoms in total. The average Bonchev–Trinajstić information content (AvgIpc) is 3.14. The van der Waals surface area contributed by atoms with Crippen molar-refractivity contribution in [1.82, 2.24) is 20.8 Å². The Kier molecular flexibility index (Phi) is 12.6. The Labute approximate surface area is 281 Å². The highest BCUT2D eigenvalue weighted by Gasteiger charge is 2.27. The molecule has 4 aromatic rings. The number of methoxy groups -OCH3 is 2. The van der Waals surface area contributed by atoms with Crippen LogP contribution in [0.15, 0.2) is 67.0 Å². The van der Waals surface area contributed by atoms with E-state index in [0.717, 1.165) is 30.0 Å². The molecule has 5 N–H and O–H groups in total. The molecule has 254 valence electrons. The van der Waals surface area contributed by atoms with E-state index in [0.29, 0.717) is 47.9 Å². The smallest absolute Gasteiger partial charge is 0.290 e. The van der Waals surface area contributed by atoms with Crippen LogP contribution < -0.4 is 25.2 Å². The van der Waals surface area contributed by atoms with Crippen molar-refractivity contribution in [3.63, 3.8) is 0 Å². The molecule has 1 amide bonds. The van der Waals surface area contributed by atoms with Crippen LogP contribution in [0.4, 0.5) is 10.2 Å². The number of pyridine rings is 2. The first-order valence-corrected chi connectivity index (χ1v) is 15.0. The summed E-state index contributed by atoms with van der Waals surface area (Å²) in [6.45, 7) is 1.82. The molecule has 2 aromatic carbocycles. The summed E-state index contributed by atoms with van der Waals surface area (Å²) in [5.41, 5.74) is 5.37. The number of phenols is 1. The van der Waals surface area contributed by atoms with E-state index < -0.39 is 11.7 Å². The van der Waals surface area contributed by atoms with Crippen LogP contribution in [-0.2, 0) is 16.1 Å². The molecular weight excluding hydrogens is 635 g/mol. The summed E-state index contributed by atoms with van der Waals surface area (Å²) in [6.07, 6.45) is 7.67. The minimum Gasteiger partial charge on any atom is -0.504 e. The molecule has 0 saturated carbocycles. The van der Waals surface area contributed by atoms with Crippen molar-refractivity contribution in [1.29, 1.82) is 5.26 Å². The number of nitrogens with one attached hydrogen (secondary N) is 2. The Hall–Kier alpha value is -6.04. The van der Waals surface area contributed by atoms with Crippen LogP contribution in [0.2, 0.25) is 0 Å². The molecule has 0 atom stereocenters. The molecule has 14 heteroatoms. The number of benzene rings is 2. The van der Waals surface area contributed by atoms with Gasteiger partial charge in [-0.2, -0.15) is 5.26 Å². The maximum Gasteiger partial charge on any atom is 0.290 e. The number of ether oxygens (including phenoxy) is 2. The van der Waals surface area contributed by atoms with Crippen molar-refractivity contribution in [2.24, 2.45) is 0 Å². The normalized spacial score (nSPS) is 12.8. The number of aromatic hydroxyl groups is 1. The van der Waals surface area contributed by atoms with Gasteiger partial charge in [-0.3, -0.25) is 14.8 Å². The molecule has 2 aromatic heterocycles. The fraction of sp³-hybridized carbons (Fsp3) is 0.229. The van der Waals surface area contributed by atoms with Gasteiger partial charge in [-0.1, -0.05) is 24.3 Å². The van der Waals surface area contributed by atoms with Gasteiger partial charge in [0.2, 0.25) is 0 Å². The quantitative estimate of drug-likeness (QED) is 0.0687. The van der Waals surface area contributed by atoms with Gasteiger partial charge < -0.3 is 29.9 Å². The number of carboxylic acid groups (broad SMARTS) is 1. The Balaban J connectivity index is 0.00000174. The lowest BCUT2D eigenvalue weighted by atomic mass is 9.94. The minimum absolute atomic E-state index is 0.00901. The molecular formula is C35H35FN6O7. The number of rotatable bonds is 10. The van der Waals surface area contributed by atoms with Crippen LogP contribution in [0.1, 0.15) is 29.7 Å². The van der Waals surface area contributed by atoms with Gasteiger partial charge in [-0.15, -0.1) is 0 Å². The van der Waals surface area contributed by atoms with E-state index in [-0.39, 0.29) is 35.3 Å². The minimum atomic E-state index is -0.610. The number of nitriles is 1. The molecule has 3 heterocycles. The van der Waals surface area contributed by atoms with Gasteiger partial charge >= 0.3 is 0 Å². The van der Waals surface area contributed by atoms with Crippen molar-refractivity contribution < 1.29 is 38.9 Å². The van der Waals surface area contributed by atoms with E-state index in [9.17, 15) is 15.2 Å². The van der Waals surface area contributed by atoms with E-state index >= 15 is 4.39 Å². The van der Waals surface area contributed by atoms with Gasteiger partial charge in [0.1, 0.15) is 17.6 Å². The summed E-state index contributed by atoms with van der Waals surface area (Å²) in [4.78, 5) is 30.6. The van der Waals surface area contributed by atoms with Crippen molar-refractivity contribution >= 4 is 24.3 Å². The van der Waals surface area contributed by atoms with Gasteiger partial charge in [0.15, 0.2) is 23.1 Å². The van der Waals surface area contributed by atoms with Gasteiger partial charge in [-0.05, 0) is 48.2 Å². The van der Waals surface area contributed by atoms with Gasteiger partial charge in [-0.25, -0.2) is 19.8 Å². The molecule has 49 heavy (non-hydrogen) atoms. The molecule has 0 unspecified atom stereocenters. The number of hydrogen-bond acceptors (Lipinski definition) is 11. The van der Waals surface area contributed by atoms with Crippen molar-refractivity contribution in [3.8, 4) is 45.6 Å². The Morgan fingerprint density at radius 1 is 1.08 bits per heavy atom. The topological polar surface area (TPSA) is 190 Å². The summed E-state index contributed by atoms with van der Waals surface area (Å²) in [5.74, 6) is -0.387. The highest BCUT2D eigenvalue weighted by Crippen LogP contribution is 2.46. The second-order valence-corrected chi connectivity index (χ2v) is 10.8. The van der Waals surface area contributed by atoms with E-state index in [1.807, 2.05) is 30.3 Å². The SMILES string of the molecule is COc1cc(F)c(-c2cnc(N3CCC(NCc4ccc(/C=C/C(=O)NO)cc4)CC3)c(OC)c2-c2ccc(C#N)nc2)cc1O.O=CO. The number of piperidine rings is 1. The van der Waals surface area contributed by atoms with Crippen LogP contribution in [0.3, 0.4) is 0 Å². The van der Waals surface area contributed by atoms with Crippen LogP contribution >= 0.6 is 0 Å². The molecule has 1 fully saturated rings. The summed E-state index contributed by atoms with van der Waals surface area (Å²) in [6, 6.07) is 15.8. The largest absolute Gasteiger partial charge is 0.504 e. The number of hydrogen-bond donors (Lipinski definition) is 5. The van der Waals surface area contributed by atoms with E-state index in [4.69, 9.17) is 29.6 Å². The first kappa shape index (κ1) is 35.8. The second-order valence-electron chi connectivity index (χ2n) is 10.8. The van der Waals surface area contributed by atoms with Crippen molar-refractivity contribution in [2.75, 3.05) is 32.2 Å². The Bertz CT molecular complexity index is 1820. The number of anilines is 1. The highest BCUT2D eigenvalue weighted by molar-refractivity contribution is 5.91. The summed E-state index contributed by atoms with van der Waals surface area (Å²) >= 11 is 0. The molecule has 0 spiro atoms. The van der Waals surface area contributed by atoms with E-state index in [1.54, 1.807) is 29.9 Å². The predicted octanol–water partition coefficient (Wildman–Crippen LogP) is 4.52. The number of halogens is 1. The first-order valence-electron chi connectivity index (χ1n) is 15.0. The number of phenolic OH excluding ortho intramolecular Hbond substituents is 1. The number of carbonyl (C=O) groups excluding carboxylic acids is 1. The van der Waals surface area contributed by atoms with Crippen LogP contribution in [0.25, 0.3) is 28.3 Å². The molecule has 1 aliphatic heterocycles. The standard InChI is InChI=1S/C34H33FN6O5.CH2O2/c1-45-30-16-28(35)26(15-29(30)42)27-20-39-34(33(46-2)32(27)23-8-9-25(17-36)38-19-23)41-13-11-24(12-14-41)37-18-22-5-3-21(4-6-22)7-10-31(43)40-44;2-1-3/h3-10,15-16,19-20,24,37,42,44H,11-14,18H2,1-2H3,(H,40,43);1H,(H,2,3)/b10-7+;. The number of aromatic nitrogens is 2. The number of carbonyl (C=O) groups is 2. The lowest BCUT2D eigenvalue weighted by Crippen LogP contribution is -2.42. The fourth-order valence-electron chi connectivity index (χ4n) is 5.43.